The van der Waals surface area contributed by atoms with E-state index in [0.29, 0.717) is 12.1 Å². The second-order valence-corrected chi connectivity index (χ2v) is 5.55. The van der Waals surface area contributed by atoms with Crippen LogP contribution in [0.25, 0.3) is 0 Å². The Kier molecular flexibility index (Phi) is 4.20. The number of nitrogens with zero attached hydrogens (tertiary/aromatic N) is 2. The highest BCUT2D eigenvalue weighted by molar-refractivity contribution is 5.53. The maximum atomic E-state index is 11.3. The quantitative estimate of drug-likeness (QED) is 0.672. The van der Waals surface area contributed by atoms with E-state index < -0.39 is 4.92 Å². The molecule has 1 N–H and O–H groups in total. The van der Waals surface area contributed by atoms with Gasteiger partial charge in [0.05, 0.1) is 30.4 Å². The van der Waals surface area contributed by atoms with Crippen molar-refractivity contribution in [3.05, 3.63) is 52.0 Å². The third-order valence-corrected chi connectivity index (χ3v) is 4.19. The summed E-state index contributed by atoms with van der Waals surface area (Å²) in [6.07, 6.45) is 3.60. The fraction of sp³-hybridized carbons (Fsp3) is 0.375. The second kappa shape index (κ2) is 6.29. The molecule has 1 aliphatic rings. The van der Waals surface area contributed by atoms with E-state index in [2.05, 4.69) is 4.90 Å². The number of phenols is 1. The number of hydrogen-bond donors (Lipinski definition) is 1. The van der Waals surface area contributed by atoms with Crippen LogP contribution < -0.4 is 4.74 Å². The predicted octanol–water partition coefficient (Wildman–Crippen LogP) is 3.24. The number of methoxy groups -OCH3 is 1. The molecule has 23 heavy (non-hydrogen) atoms. The summed E-state index contributed by atoms with van der Waals surface area (Å²) in [5.41, 5.74) is 0.413. The Balaban J connectivity index is 1.90. The van der Waals surface area contributed by atoms with Crippen molar-refractivity contribution in [3.8, 4) is 11.5 Å². The van der Waals surface area contributed by atoms with E-state index in [9.17, 15) is 15.2 Å². The number of furan rings is 1. The van der Waals surface area contributed by atoms with Gasteiger partial charge in [-0.25, -0.2) is 0 Å². The lowest BCUT2D eigenvalue weighted by molar-refractivity contribution is -0.385. The second-order valence-electron chi connectivity index (χ2n) is 5.55. The topological polar surface area (TPSA) is 89.0 Å². The van der Waals surface area contributed by atoms with Crippen molar-refractivity contribution >= 4 is 5.69 Å². The van der Waals surface area contributed by atoms with Gasteiger partial charge in [0.15, 0.2) is 11.5 Å². The average Bonchev–Trinajstić information content (AvgIpc) is 3.19. The molecule has 0 radical (unpaired) electrons. The van der Waals surface area contributed by atoms with Crippen molar-refractivity contribution in [2.24, 2.45) is 0 Å². The third kappa shape index (κ3) is 3.00. The summed E-state index contributed by atoms with van der Waals surface area (Å²) in [6, 6.07) is 6.56. The highest BCUT2D eigenvalue weighted by Gasteiger charge is 2.30. The van der Waals surface area contributed by atoms with Crippen molar-refractivity contribution in [3.63, 3.8) is 0 Å². The minimum atomic E-state index is -0.480. The molecule has 0 unspecified atom stereocenters. The number of nitro groups is 1. The van der Waals surface area contributed by atoms with Gasteiger partial charge in [-0.2, -0.15) is 0 Å². The molecular weight excluding hydrogens is 300 g/mol. The van der Waals surface area contributed by atoms with Gasteiger partial charge in [0.25, 0.3) is 5.69 Å². The van der Waals surface area contributed by atoms with Crippen LogP contribution in [0.2, 0.25) is 0 Å². The van der Waals surface area contributed by atoms with Crippen molar-refractivity contribution < 1.29 is 19.2 Å². The summed E-state index contributed by atoms with van der Waals surface area (Å²) in [5, 5.41) is 21.0. The molecular formula is C16H18N2O5. The lowest BCUT2D eigenvalue weighted by Gasteiger charge is -2.23. The molecule has 1 saturated heterocycles. The summed E-state index contributed by atoms with van der Waals surface area (Å²) < 4.78 is 10.6. The number of aromatic hydroxyl groups is 1. The highest BCUT2D eigenvalue weighted by atomic mass is 16.6. The van der Waals surface area contributed by atoms with Crippen molar-refractivity contribution in [1.29, 1.82) is 0 Å². The molecule has 0 saturated carbocycles. The molecule has 7 nitrogen and oxygen atoms in total. The summed E-state index contributed by atoms with van der Waals surface area (Å²) in [6.45, 7) is 1.24. The monoisotopic (exact) mass is 318 g/mol. The smallest absolute Gasteiger partial charge is 0.277 e. The summed E-state index contributed by atoms with van der Waals surface area (Å²) >= 11 is 0. The van der Waals surface area contributed by atoms with Crippen LogP contribution in [0.3, 0.4) is 0 Å². The Bertz CT molecular complexity index is 699. The summed E-state index contributed by atoms with van der Waals surface area (Å²) in [5.74, 6) is 0.877. The van der Waals surface area contributed by atoms with Crippen LogP contribution in [0.1, 0.15) is 30.2 Å². The molecule has 0 amide bonds. The van der Waals surface area contributed by atoms with Crippen LogP contribution in [0, 0.1) is 10.1 Å². The number of likely N-dealkylation sites (tertiary alicyclic amines) is 1. The molecule has 1 aromatic heterocycles. The lowest BCUT2D eigenvalue weighted by atomic mass is 10.1. The molecule has 1 aromatic carbocycles. The standard InChI is InChI=1S/C16H18N2O5/c1-22-16-8-11(13(18(20)21)9-14(16)19)10-17-6-2-4-12(17)15-5-3-7-23-15/h3,5,7-9,12,19H,2,4,6,10H2,1H3/t12-/m1/s1. The van der Waals surface area contributed by atoms with E-state index in [1.165, 1.54) is 13.2 Å². The molecule has 1 aliphatic heterocycles. The first-order valence-corrected chi connectivity index (χ1v) is 7.42. The Morgan fingerprint density at radius 2 is 2.35 bits per heavy atom. The molecule has 1 fully saturated rings. The molecule has 122 valence electrons. The molecule has 7 heteroatoms. The SMILES string of the molecule is COc1cc(CN2CCC[C@@H]2c2ccco2)c([N+](=O)[O-])cc1O. The van der Waals surface area contributed by atoms with E-state index in [1.54, 1.807) is 6.26 Å². The minimum absolute atomic E-state index is 0.103. The Hall–Kier alpha value is -2.54. The molecule has 0 aliphatic carbocycles. The fourth-order valence-corrected chi connectivity index (χ4v) is 3.10. The zero-order valence-electron chi connectivity index (χ0n) is 12.8. The van der Waals surface area contributed by atoms with E-state index in [0.717, 1.165) is 31.2 Å². The third-order valence-electron chi connectivity index (χ3n) is 4.19. The van der Waals surface area contributed by atoms with E-state index in [-0.39, 0.29) is 23.2 Å². The summed E-state index contributed by atoms with van der Waals surface area (Å²) in [7, 11) is 1.42. The van der Waals surface area contributed by atoms with Gasteiger partial charge in [-0.1, -0.05) is 0 Å². The molecule has 2 aromatic rings. The van der Waals surface area contributed by atoms with Crippen LogP contribution in [-0.4, -0.2) is 28.6 Å². The average molecular weight is 318 g/mol. The largest absolute Gasteiger partial charge is 0.504 e. The predicted molar refractivity (Wildman–Crippen MR) is 82.4 cm³/mol. The first kappa shape index (κ1) is 15.4. The molecule has 2 heterocycles. The van der Waals surface area contributed by atoms with Gasteiger partial charge in [0.2, 0.25) is 0 Å². The van der Waals surface area contributed by atoms with Gasteiger partial charge in [-0.15, -0.1) is 0 Å². The van der Waals surface area contributed by atoms with E-state index in [4.69, 9.17) is 9.15 Å². The normalized spacial score (nSPS) is 18.2. The van der Waals surface area contributed by atoms with Gasteiger partial charge in [0.1, 0.15) is 5.76 Å². The first-order valence-electron chi connectivity index (χ1n) is 7.42. The fourth-order valence-electron chi connectivity index (χ4n) is 3.10. The van der Waals surface area contributed by atoms with Crippen LogP contribution in [0.5, 0.6) is 11.5 Å². The first-order chi connectivity index (χ1) is 11.1. The van der Waals surface area contributed by atoms with Crippen LogP contribution in [-0.2, 0) is 6.54 Å². The van der Waals surface area contributed by atoms with Crippen molar-refractivity contribution in [2.45, 2.75) is 25.4 Å². The lowest BCUT2D eigenvalue weighted by Crippen LogP contribution is -2.23. The number of benzene rings is 1. The van der Waals surface area contributed by atoms with Crippen molar-refractivity contribution in [2.75, 3.05) is 13.7 Å². The molecule has 1 atom stereocenters. The van der Waals surface area contributed by atoms with Gasteiger partial charge in [0, 0.05) is 12.1 Å². The Morgan fingerprint density at radius 1 is 1.52 bits per heavy atom. The van der Waals surface area contributed by atoms with Gasteiger partial charge >= 0.3 is 0 Å². The Morgan fingerprint density at radius 3 is 3.00 bits per heavy atom. The number of ether oxygens (including phenoxy) is 1. The maximum Gasteiger partial charge on any atom is 0.277 e. The van der Waals surface area contributed by atoms with Crippen molar-refractivity contribution in [1.82, 2.24) is 4.90 Å². The van der Waals surface area contributed by atoms with E-state index >= 15 is 0 Å². The Labute approximate surface area is 133 Å². The molecule has 0 spiro atoms. The zero-order chi connectivity index (χ0) is 16.4. The highest BCUT2D eigenvalue weighted by Crippen LogP contribution is 2.38. The van der Waals surface area contributed by atoms with Crippen LogP contribution >= 0.6 is 0 Å². The number of phenolic OH excluding ortho intramolecular Hbond substituents is 1. The molecule has 3 rings (SSSR count). The number of nitro benzene ring substituents is 1. The maximum absolute atomic E-state index is 11.3. The van der Waals surface area contributed by atoms with Crippen LogP contribution in [0.15, 0.2) is 34.9 Å². The number of hydrogen-bond acceptors (Lipinski definition) is 6. The van der Waals surface area contributed by atoms with E-state index in [1.807, 2.05) is 12.1 Å². The van der Waals surface area contributed by atoms with Crippen LogP contribution in [0.4, 0.5) is 5.69 Å². The summed E-state index contributed by atoms with van der Waals surface area (Å²) in [4.78, 5) is 12.9. The number of rotatable bonds is 5. The minimum Gasteiger partial charge on any atom is -0.504 e. The van der Waals surface area contributed by atoms with Gasteiger partial charge < -0.3 is 14.3 Å². The zero-order valence-corrected chi connectivity index (χ0v) is 12.8. The van der Waals surface area contributed by atoms with Gasteiger partial charge in [-0.05, 0) is 37.6 Å². The van der Waals surface area contributed by atoms with Gasteiger partial charge in [-0.3, -0.25) is 15.0 Å². The molecule has 0 bridgehead atoms.